The second-order valence-corrected chi connectivity index (χ2v) is 4.76. The van der Waals surface area contributed by atoms with Gasteiger partial charge in [-0.1, -0.05) is 0 Å². The summed E-state index contributed by atoms with van der Waals surface area (Å²) in [6.07, 6.45) is 1.47. The molecule has 0 aliphatic rings. The highest BCUT2D eigenvalue weighted by atomic mass is 16.5. The number of amides is 1. The highest BCUT2D eigenvalue weighted by Gasteiger charge is 2.14. The largest absolute Gasteiger partial charge is 0.478 e. The van der Waals surface area contributed by atoms with Crippen LogP contribution >= 0.6 is 0 Å². The van der Waals surface area contributed by atoms with E-state index in [0.717, 1.165) is 0 Å². The van der Waals surface area contributed by atoms with Gasteiger partial charge in [0.2, 0.25) is 5.88 Å². The second kappa shape index (κ2) is 7.53. The Kier molecular flexibility index (Phi) is 5.46. The van der Waals surface area contributed by atoms with Gasteiger partial charge in [0.1, 0.15) is 0 Å². The smallest absolute Gasteiger partial charge is 0.316 e. The van der Waals surface area contributed by atoms with E-state index in [4.69, 9.17) is 9.47 Å². The average molecular weight is 316 g/mol. The summed E-state index contributed by atoms with van der Waals surface area (Å²) in [6, 6.07) is 3.63. The molecule has 2 aromatic heterocycles. The van der Waals surface area contributed by atoms with Crippen LogP contribution < -0.4 is 14.8 Å². The van der Waals surface area contributed by atoms with Crippen molar-refractivity contribution < 1.29 is 14.3 Å². The van der Waals surface area contributed by atoms with E-state index in [1.54, 1.807) is 26.0 Å². The quantitative estimate of drug-likeness (QED) is 0.881. The first-order valence-corrected chi connectivity index (χ1v) is 7.43. The Morgan fingerprint density at radius 2 is 1.74 bits per heavy atom. The number of pyridine rings is 1. The van der Waals surface area contributed by atoms with Gasteiger partial charge in [-0.15, -0.1) is 0 Å². The van der Waals surface area contributed by atoms with E-state index >= 15 is 0 Å². The number of carbonyl (C=O) groups is 1. The van der Waals surface area contributed by atoms with E-state index < -0.39 is 0 Å². The fourth-order valence-electron chi connectivity index (χ4n) is 1.99. The molecule has 0 atom stereocenters. The number of anilines is 1. The van der Waals surface area contributed by atoms with Crippen LogP contribution in [0.25, 0.3) is 0 Å². The molecule has 0 saturated carbocycles. The van der Waals surface area contributed by atoms with Gasteiger partial charge < -0.3 is 14.8 Å². The normalized spacial score (nSPS) is 10.3. The molecule has 2 aromatic rings. The van der Waals surface area contributed by atoms with Gasteiger partial charge in [-0.3, -0.25) is 4.79 Å². The van der Waals surface area contributed by atoms with Gasteiger partial charge in [0.15, 0.2) is 0 Å². The Hall–Kier alpha value is -2.70. The fraction of sp³-hybridized carbons (Fsp3) is 0.375. The van der Waals surface area contributed by atoms with Crippen LogP contribution in [0.1, 0.15) is 35.6 Å². The standard InChI is InChI=1S/C16H20N4O3/c1-5-22-13-8-7-12(9-17-13)15(21)20-14-10(3)18-16(23-6-2)19-11(14)4/h7-9H,5-6H2,1-4H3,(H,20,21). The molecule has 0 aliphatic heterocycles. The van der Waals surface area contributed by atoms with Crippen molar-refractivity contribution in [3.63, 3.8) is 0 Å². The number of hydrogen-bond acceptors (Lipinski definition) is 6. The van der Waals surface area contributed by atoms with E-state index in [0.29, 0.717) is 47.7 Å². The number of rotatable bonds is 6. The van der Waals surface area contributed by atoms with Crippen molar-refractivity contribution in [2.24, 2.45) is 0 Å². The summed E-state index contributed by atoms with van der Waals surface area (Å²) in [5.74, 6) is 0.209. The van der Waals surface area contributed by atoms with Crippen molar-refractivity contribution in [3.05, 3.63) is 35.3 Å². The van der Waals surface area contributed by atoms with Crippen LogP contribution in [0.3, 0.4) is 0 Å². The number of hydrogen-bond donors (Lipinski definition) is 1. The molecule has 0 radical (unpaired) electrons. The van der Waals surface area contributed by atoms with E-state index in [2.05, 4.69) is 20.3 Å². The van der Waals surface area contributed by atoms with Crippen molar-refractivity contribution in [2.75, 3.05) is 18.5 Å². The summed E-state index contributed by atoms with van der Waals surface area (Å²) < 4.78 is 10.5. The lowest BCUT2D eigenvalue weighted by Crippen LogP contribution is -2.16. The number of ether oxygens (including phenoxy) is 2. The molecule has 7 heteroatoms. The minimum absolute atomic E-state index is 0.278. The molecular weight excluding hydrogens is 296 g/mol. The summed E-state index contributed by atoms with van der Waals surface area (Å²) in [6.45, 7) is 8.35. The van der Waals surface area contributed by atoms with E-state index in [9.17, 15) is 4.79 Å². The second-order valence-electron chi connectivity index (χ2n) is 4.76. The number of nitrogens with one attached hydrogen (secondary N) is 1. The summed E-state index contributed by atoms with van der Waals surface area (Å²) in [4.78, 5) is 24.9. The summed E-state index contributed by atoms with van der Waals surface area (Å²) in [5.41, 5.74) is 2.30. The van der Waals surface area contributed by atoms with Gasteiger partial charge in [-0.25, -0.2) is 4.98 Å². The van der Waals surface area contributed by atoms with Crippen LogP contribution in [-0.4, -0.2) is 34.1 Å². The van der Waals surface area contributed by atoms with Gasteiger partial charge in [0.25, 0.3) is 5.91 Å². The van der Waals surface area contributed by atoms with Crippen LogP contribution in [0.5, 0.6) is 11.9 Å². The molecule has 0 aliphatic carbocycles. The molecule has 1 amide bonds. The third-order valence-corrected chi connectivity index (χ3v) is 3.05. The molecule has 7 nitrogen and oxygen atoms in total. The predicted molar refractivity (Wildman–Crippen MR) is 86.0 cm³/mol. The van der Waals surface area contributed by atoms with Crippen LogP contribution in [0.15, 0.2) is 18.3 Å². The molecule has 0 aromatic carbocycles. The fourth-order valence-corrected chi connectivity index (χ4v) is 1.99. The van der Waals surface area contributed by atoms with Gasteiger partial charge in [0, 0.05) is 12.3 Å². The summed E-state index contributed by atoms with van der Waals surface area (Å²) >= 11 is 0. The number of carbonyl (C=O) groups excluding carboxylic acids is 1. The maximum absolute atomic E-state index is 12.3. The van der Waals surface area contributed by atoms with Crippen molar-refractivity contribution in [1.29, 1.82) is 0 Å². The molecule has 2 heterocycles. The Balaban J connectivity index is 2.16. The molecule has 0 spiro atoms. The zero-order valence-corrected chi connectivity index (χ0v) is 13.7. The average Bonchev–Trinajstić information content (AvgIpc) is 2.52. The minimum Gasteiger partial charge on any atom is -0.478 e. The van der Waals surface area contributed by atoms with Crippen molar-refractivity contribution in [2.45, 2.75) is 27.7 Å². The van der Waals surface area contributed by atoms with Gasteiger partial charge in [-0.2, -0.15) is 9.97 Å². The molecule has 0 saturated heterocycles. The summed E-state index contributed by atoms with van der Waals surface area (Å²) in [5, 5.41) is 2.82. The van der Waals surface area contributed by atoms with Gasteiger partial charge >= 0.3 is 6.01 Å². The Labute approximate surface area is 135 Å². The Bertz CT molecular complexity index is 663. The lowest BCUT2D eigenvalue weighted by molar-refractivity contribution is 0.102. The van der Waals surface area contributed by atoms with Crippen LogP contribution in [0.4, 0.5) is 5.69 Å². The van der Waals surface area contributed by atoms with Gasteiger partial charge in [-0.05, 0) is 33.8 Å². The molecule has 2 rings (SSSR count). The Morgan fingerprint density at radius 3 is 2.26 bits per heavy atom. The zero-order chi connectivity index (χ0) is 16.8. The lowest BCUT2D eigenvalue weighted by Gasteiger charge is -2.12. The molecule has 122 valence electrons. The topological polar surface area (TPSA) is 86.2 Å². The Morgan fingerprint density at radius 1 is 1.09 bits per heavy atom. The lowest BCUT2D eigenvalue weighted by atomic mass is 10.2. The van der Waals surface area contributed by atoms with Crippen LogP contribution in [0, 0.1) is 13.8 Å². The van der Waals surface area contributed by atoms with Crippen molar-refractivity contribution >= 4 is 11.6 Å². The maximum atomic E-state index is 12.3. The maximum Gasteiger partial charge on any atom is 0.316 e. The number of aromatic nitrogens is 3. The molecule has 0 fully saturated rings. The predicted octanol–water partition coefficient (Wildman–Crippen LogP) is 2.54. The first-order chi connectivity index (χ1) is 11.0. The SMILES string of the molecule is CCOc1ccc(C(=O)Nc2c(C)nc(OCC)nc2C)cn1. The number of aryl methyl sites for hydroxylation is 2. The van der Waals surface area contributed by atoms with Crippen molar-refractivity contribution in [1.82, 2.24) is 15.0 Å². The molecule has 1 N–H and O–H groups in total. The molecular formula is C16H20N4O3. The van der Waals surface area contributed by atoms with Crippen molar-refractivity contribution in [3.8, 4) is 11.9 Å². The first-order valence-electron chi connectivity index (χ1n) is 7.43. The molecule has 0 bridgehead atoms. The highest BCUT2D eigenvalue weighted by Crippen LogP contribution is 2.20. The van der Waals surface area contributed by atoms with E-state index in [1.807, 2.05) is 13.8 Å². The van der Waals surface area contributed by atoms with Crippen LogP contribution in [0.2, 0.25) is 0 Å². The summed E-state index contributed by atoms with van der Waals surface area (Å²) in [7, 11) is 0. The van der Waals surface area contributed by atoms with E-state index in [-0.39, 0.29) is 5.91 Å². The first kappa shape index (κ1) is 16.7. The highest BCUT2D eigenvalue weighted by molar-refractivity contribution is 6.04. The van der Waals surface area contributed by atoms with E-state index in [1.165, 1.54) is 6.20 Å². The molecule has 23 heavy (non-hydrogen) atoms. The van der Waals surface area contributed by atoms with Crippen LogP contribution in [-0.2, 0) is 0 Å². The monoisotopic (exact) mass is 316 g/mol. The third kappa shape index (κ3) is 4.15. The molecule has 0 unspecified atom stereocenters. The number of nitrogens with zero attached hydrogens (tertiary/aromatic N) is 3. The zero-order valence-electron chi connectivity index (χ0n) is 13.7. The van der Waals surface area contributed by atoms with Gasteiger partial charge in [0.05, 0.1) is 35.9 Å². The minimum atomic E-state index is -0.278. The third-order valence-electron chi connectivity index (χ3n) is 3.05.